The molecule has 4 rings (SSSR count). The Labute approximate surface area is 186 Å². The highest BCUT2D eigenvalue weighted by molar-refractivity contribution is 8.04. The minimum atomic E-state index is -0.390. The summed E-state index contributed by atoms with van der Waals surface area (Å²) in [5.74, 6) is 0.204. The van der Waals surface area contributed by atoms with E-state index in [4.69, 9.17) is 21.1 Å². The molecule has 30 heavy (non-hydrogen) atoms. The second-order valence-electron chi connectivity index (χ2n) is 6.25. The van der Waals surface area contributed by atoms with E-state index in [-0.39, 0.29) is 5.91 Å². The third-order valence-corrected chi connectivity index (χ3v) is 6.67. The first-order valence-corrected chi connectivity index (χ1v) is 10.9. The van der Waals surface area contributed by atoms with Crippen LogP contribution in [0.4, 0.5) is 5.69 Å². The predicted octanol–water partition coefficient (Wildman–Crippen LogP) is 5.50. The lowest BCUT2D eigenvalue weighted by Crippen LogP contribution is -2.31. The number of halogens is 1. The summed E-state index contributed by atoms with van der Waals surface area (Å²) in [4.78, 5) is 29.9. The molecule has 0 aliphatic carbocycles. The van der Waals surface area contributed by atoms with Gasteiger partial charge in [-0.2, -0.15) is 0 Å². The lowest BCUT2D eigenvalue weighted by Gasteiger charge is -2.17. The predicted molar refractivity (Wildman–Crippen MR) is 121 cm³/mol. The van der Waals surface area contributed by atoms with E-state index in [9.17, 15) is 9.59 Å². The number of carbonyl (C=O) groups is 2. The average molecular weight is 458 g/mol. The molecule has 152 valence electrons. The highest BCUT2D eigenvalue weighted by Crippen LogP contribution is 2.43. The van der Waals surface area contributed by atoms with Crippen LogP contribution >= 0.6 is 34.7 Å². The van der Waals surface area contributed by atoms with Gasteiger partial charge >= 0.3 is 0 Å². The van der Waals surface area contributed by atoms with Gasteiger partial charge in [0.2, 0.25) is 0 Å². The number of methoxy groups -OCH3 is 2. The van der Waals surface area contributed by atoms with Crippen LogP contribution in [0.1, 0.15) is 4.88 Å². The number of imide groups is 1. The number of amides is 2. The van der Waals surface area contributed by atoms with Gasteiger partial charge in [0.25, 0.3) is 11.8 Å². The number of hydrogen-bond acceptors (Lipinski definition) is 6. The SMILES string of the molecule is COc1cc(OC)cc(N2C(=O)C(Sc3ccc(Cl)cc3)=C(c3cccs3)C2=O)c1. The summed E-state index contributed by atoms with van der Waals surface area (Å²) in [7, 11) is 3.03. The maximum Gasteiger partial charge on any atom is 0.272 e. The van der Waals surface area contributed by atoms with Crippen LogP contribution in [0, 0.1) is 0 Å². The van der Waals surface area contributed by atoms with Crippen molar-refractivity contribution in [1.29, 1.82) is 0 Å². The Kier molecular flexibility index (Phi) is 5.85. The normalized spacial score (nSPS) is 13.9. The fourth-order valence-electron chi connectivity index (χ4n) is 3.02. The Morgan fingerprint density at radius 2 is 1.60 bits per heavy atom. The second-order valence-corrected chi connectivity index (χ2v) is 8.72. The fourth-order valence-corrected chi connectivity index (χ4v) is 4.96. The number of anilines is 1. The van der Waals surface area contributed by atoms with E-state index in [1.807, 2.05) is 29.6 Å². The first kappa shape index (κ1) is 20.5. The molecular weight excluding hydrogens is 442 g/mol. The van der Waals surface area contributed by atoms with E-state index in [1.54, 1.807) is 30.3 Å². The Bertz CT molecular complexity index is 1120. The van der Waals surface area contributed by atoms with Crippen LogP contribution in [0.25, 0.3) is 5.57 Å². The van der Waals surface area contributed by atoms with Crippen molar-refractivity contribution in [2.75, 3.05) is 19.1 Å². The maximum atomic E-state index is 13.4. The molecule has 2 heterocycles. The van der Waals surface area contributed by atoms with E-state index >= 15 is 0 Å². The number of thioether (sulfide) groups is 1. The van der Waals surface area contributed by atoms with Crippen LogP contribution in [0.5, 0.6) is 11.5 Å². The molecule has 0 fully saturated rings. The summed E-state index contributed by atoms with van der Waals surface area (Å²) >= 11 is 8.64. The van der Waals surface area contributed by atoms with Gasteiger partial charge in [-0.05, 0) is 35.7 Å². The van der Waals surface area contributed by atoms with Crippen LogP contribution < -0.4 is 14.4 Å². The largest absolute Gasteiger partial charge is 0.497 e. The van der Waals surface area contributed by atoms with Crippen LogP contribution in [0.15, 0.2) is 69.8 Å². The van der Waals surface area contributed by atoms with Gasteiger partial charge in [0.05, 0.1) is 30.4 Å². The Balaban J connectivity index is 1.80. The highest BCUT2D eigenvalue weighted by atomic mass is 35.5. The summed E-state index contributed by atoms with van der Waals surface area (Å²) in [5.41, 5.74) is 0.777. The third-order valence-electron chi connectivity index (χ3n) is 4.44. The van der Waals surface area contributed by atoms with Gasteiger partial charge in [-0.25, -0.2) is 4.90 Å². The molecule has 0 radical (unpaired) electrons. The quantitative estimate of drug-likeness (QED) is 0.458. The van der Waals surface area contributed by atoms with Crippen LogP contribution in [0.2, 0.25) is 5.02 Å². The molecule has 0 saturated heterocycles. The summed E-state index contributed by atoms with van der Waals surface area (Å²) in [5, 5.41) is 2.48. The molecule has 1 aliphatic rings. The monoisotopic (exact) mass is 457 g/mol. The summed E-state index contributed by atoms with van der Waals surface area (Å²) in [6.45, 7) is 0. The van der Waals surface area contributed by atoms with Gasteiger partial charge < -0.3 is 9.47 Å². The van der Waals surface area contributed by atoms with E-state index in [1.165, 1.54) is 42.2 Å². The van der Waals surface area contributed by atoms with Crippen LogP contribution in [-0.4, -0.2) is 26.0 Å². The smallest absolute Gasteiger partial charge is 0.272 e. The summed E-state index contributed by atoms with van der Waals surface area (Å²) in [6.07, 6.45) is 0. The van der Waals surface area contributed by atoms with Crippen molar-refractivity contribution in [1.82, 2.24) is 0 Å². The molecule has 0 bridgehead atoms. The van der Waals surface area contributed by atoms with Crippen LogP contribution in [0.3, 0.4) is 0 Å². The van der Waals surface area contributed by atoms with Gasteiger partial charge in [-0.1, -0.05) is 29.4 Å². The number of benzene rings is 2. The Hall–Kier alpha value is -2.74. The lowest BCUT2D eigenvalue weighted by atomic mass is 10.2. The first-order valence-electron chi connectivity index (χ1n) is 8.85. The zero-order valence-corrected chi connectivity index (χ0v) is 18.4. The van der Waals surface area contributed by atoms with Gasteiger partial charge in [-0.15, -0.1) is 11.3 Å². The standard InChI is InChI=1S/C22H16ClNO4S2/c1-27-15-10-14(11-16(12-15)28-2)24-21(25)19(18-4-3-9-29-18)20(22(24)26)30-17-7-5-13(23)6-8-17/h3-12H,1-2H3. The van der Waals surface area contributed by atoms with Crippen molar-refractivity contribution in [3.8, 4) is 11.5 Å². The number of nitrogens with zero attached hydrogens (tertiary/aromatic N) is 1. The van der Waals surface area contributed by atoms with Gasteiger partial charge in [0.1, 0.15) is 11.5 Å². The van der Waals surface area contributed by atoms with Crippen molar-refractivity contribution in [3.63, 3.8) is 0 Å². The zero-order valence-electron chi connectivity index (χ0n) is 16.0. The molecule has 0 atom stereocenters. The molecule has 0 N–H and O–H groups in total. The number of ether oxygens (including phenoxy) is 2. The third kappa shape index (κ3) is 3.84. The van der Waals surface area contributed by atoms with Crippen LogP contribution in [-0.2, 0) is 9.59 Å². The molecule has 1 aliphatic heterocycles. The fraction of sp³-hybridized carbons (Fsp3) is 0.0909. The van der Waals surface area contributed by atoms with Crippen molar-refractivity contribution in [2.24, 2.45) is 0 Å². The van der Waals surface area contributed by atoms with E-state index < -0.39 is 5.91 Å². The second kappa shape index (κ2) is 8.55. The van der Waals surface area contributed by atoms with Crippen molar-refractivity contribution >= 4 is 57.8 Å². The Morgan fingerprint density at radius 3 is 2.17 bits per heavy atom. The van der Waals surface area contributed by atoms with Crippen molar-refractivity contribution in [2.45, 2.75) is 4.90 Å². The molecule has 5 nitrogen and oxygen atoms in total. The number of hydrogen-bond donors (Lipinski definition) is 0. The van der Waals surface area contributed by atoms with Crippen molar-refractivity contribution < 1.29 is 19.1 Å². The van der Waals surface area contributed by atoms with E-state index in [2.05, 4.69) is 0 Å². The molecule has 2 aromatic carbocycles. The summed E-state index contributed by atoms with van der Waals surface area (Å²) in [6, 6.07) is 15.8. The Morgan fingerprint density at radius 1 is 0.933 bits per heavy atom. The van der Waals surface area contributed by atoms with Crippen molar-refractivity contribution in [3.05, 3.63) is 74.8 Å². The average Bonchev–Trinajstić information content (AvgIpc) is 3.36. The number of carbonyl (C=O) groups excluding carboxylic acids is 2. The number of rotatable bonds is 6. The first-order chi connectivity index (χ1) is 14.5. The maximum absolute atomic E-state index is 13.4. The molecule has 2 amide bonds. The van der Waals surface area contributed by atoms with Gasteiger partial charge in [0, 0.05) is 33.0 Å². The molecule has 1 aromatic heterocycles. The minimum Gasteiger partial charge on any atom is -0.497 e. The molecule has 0 unspecified atom stereocenters. The molecule has 3 aromatic rings. The molecule has 8 heteroatoms. The summed E-state index contributed by atoms with van der Waals surface area (Å²) < 4.78 is 10.6. The van der Waals surface area contributed by atoms with E-state index in [0.29, 0.717) is 32.7 Å². The van der Waals surface area contributed by atoms with Gasteiger partial charge in [0.15, 0.2) is 0 Å². The highest BCUT2D eigenvalue weighted by Gasteiger charge is 2.41. The lowest BCUT2D eigenvalue weighted by molar-refractivity contribution is -0.119. The molecule has 0 saturated carbocycles. The topological polar surface area (TPSA) is 55.8 Å². The van der Waals surface area contributed by atoms with E-state index in [0.717, 1.165) is 9.77 Å². The zero-order chi connectivity index (χ0) is 21.3. The van der Waals surface area contributed by atoms with Gasteiger partial charge in [-0.3, -0.25) is 9.59 Å². The molecule has 0 spiro atoms. The minimum absolute atomic E-state index is 0.367. The number of thiophene rings is 1. The molecular formula is C22H16ClNO4S2.